The molecule has 0 aliphatic carbocycles. The van der Waals surface area contributed by atoms with Crippen molar-refractivity contribution in [2.45, 2.75) is 25.5 Å². The van der Waals surface area contributed by atoms with Crippen LogP contribution < -0.4 is 10.6 Å². The van der Waals surface area contributed by atoms with Crippen LogP contribution in [0.2, 0.25) is 0 Å². The zero-order valence-corrected chi connectivity index (χ0v) is 20.1. The molecule has 178 valence electrons. The summed E-state index contributed by atoms with van der Waals surface area (Å²) < 4.78 is 15.6. The summed E-state index contributed by atoms with van der Waals surface area (Å²) in [5, 5.41) is 14.4. The maximum atomic E-state index is 13.8. The van der Waals surface area contributed by atoms with Gasteiger partial charge in [0.05, 0.1) is 18.0 Å². The number of amides is 2. The summed E-state index contributed by atoms with van der Waals surface area (Å²) in [6.07, 6.45) is 0. The van der Waals surface area contributed by atoms with Crippen LogP contribution in [0.15, 0.2) is 78.0 Å². The van der Waals surface area contributed by atoms with Gasteiger partial charge in [-0.3, -0.25) is 14.2 Å². The number of carbonyl (C=O) groups is 2. The topological polar surface area (TPSA) is 88.9 Å². The molecule has 0 aliphatic rings. The number of halogens is 1. The van der Waals surface area contributed by atoms with Crippen molar-refractivity contribution in [2.75, 3.05) is 11.1 Å². The maximum Gasteiger partial charge on any atom is 0.251 e. The maximum absolute atomic E-state index is 13.8. The van der Waals surface area contributed by atoms with Crippen molar-refractivity contribution < 1.29 is 14.0 Å². The molecular formula is C26H24FN5O2S. The molecule has 2 N–H and O–H groups in total. The van der Waals surface area contributed by atoms with Gasteiger partial charge in [-0.2, -0.15) is 0 Å². The van der Waals surface area contributed by atoms with Crippen LogP contribution in [0.5, 0.6) is 0 Å². The number of hydrogen-bond donors (Lipinski definition) is 2. The molecule has 4 aromatic rings. The van der Waals surface area contributed by atoms with Gasteiger partial charge in [-0.25, -0.2) is 4.39 Å². The number of nitrogens with one attached hydrogen (secondary N) is 2. The van der Waals surface area contributed by atoms with Crippen molar-refractivity contribution >= 4 is 29.3 Å². The first-order valence-corrected chi connectivity index (χ1v) is 11.9. The van der Waals surface area contributed by atoms with E-state index in [9.17, 15) is 14.0 Å². The van der Waals surface area contributed by atoms with E-state index in [1.165, 1.54) is 23.9 Å². The Balaban J connectivity index is 1.49. The van der Waals surface area contributed by atoms with Crippen LogP contribution in [0.4, 0.5) is 10.1 Å². The largest absolute Gasteiger partial charge is 0.345 e. The van der Waals surface area contributed by atoms with Crippen LogP contribution in [-0.2, 0) is 11.3 Å². The molecule has 3 aromatic carbocycles. The van der Waals surface area contributed by atoms with E-state index in [4.69, 9.17) is 0 Å². The lowest BCUT2D eigenvalue weighted by Gasteiger charge is -2.11. The molecule has 2 amide bonds. The van der Waals surface area contributed by atoms with E-state index in [-0.39, 0.29) is 29.8 Å². The Morgan fingerprint density at radius 2 is 1.69 bits per heavy atom. The van der Waals surface area contributed by atoms with Gasteiger partial charge in [-0.1, -0.05) is 48.2 Å². The number of thioether (sulfide) groups is 1. The second-order valence-corrected chi connectivity index (χ2v) is 8.81. The quantitative estimate of drug-likeness (QED) is 0.351. The monoisotopic (exact) mass is 489 g/mol. The molecule has 0 atom stereocenters. The highest BCUT2D eigenvalue weighted by Gasteiger charge is 2.17. The fourth-order valence-corrected chi connectivity index (χ4v) is 4.14. The Morgan fingerprint density at radius 1 is 0.943 bits per heavy atom. The normalized spacial score (nSPS) is 10.7. The van der Waals surface area contributed by atoms with Crippen LogP contribution in [0, 0.1) is 19.7 Å². The second kappa shape index (κ2) is 11.0. The molecule has 35 heavy (non-hydrogen) atoms. The summed E-state index contributed by atoms with van der Waals surface area (Å²) in [6.45, 7) is 4.11. The zero-order chi connectivity index (χ0) is 24.8. The van der Waals surface area contributed by atoms with Gasteiger partial charge < -0.3 is 10.6 Å². The molecule has 9 heteroatoms. The van der Waals surface area contributed by atoms with Gasteiger partial charge in [0.15, 0.2) is 11.0 Å². The molecule has 0 unspecified atom stereocenters. The molecule has 0 bridgehead atoms. The van der Waals surface area contributed by atoms with Crippen LogP contribution in [-0.4, -0.2) is 32.3 Å². The van der Waals surface area contributed by atoms with Crippen molar-refractivity contribution in [3.63, 3.8) is 0 Å². The highest BCUT2D eigenvalue weighted by Crippen LogP contribution is 2.23. The van der Waals surface area contributed by atoms with Gasteiger partial charge in [-0.05, 0) is 61.4 Å². The molecule has 7 nitrogen and oxygen atoms in total. The summed E-state index contributed by atoms with van der Waals surface area (Å²) in [5.41, 5.74) is 3.64. The van der Waals surface area contributed by atoms with E-state index in [1.54, 1.807) is 22.8 Å². The molecule has 0 aliphatic heterocycles. The van der Waals surface area contributed by atoms with Crippen molar-refractivity contribution in [1.29, 1.82) is 0 Å². The minimum atomic E-state index is -0.500. The molecule has 4 rings (SSSR count). The first-order valence-electron chi connectivity index (χ1n) is 10.9. The number of benzene rings is 3. The van der Waals surface area contributed by atoms with Crippen LogP contribution in [0.1, 0.15) is 27.3 Å². The second-order valence-electron chi connectivity index (χ2n) is 7.87. The Hall–Kier alpha value is -3.98. The predicted octanol–water partition coefficient (Wildman–Crippen LogP) is 4.68. The number of hydrogen-bond acceptors (Lipinski definition) is 5. The average Bonchev–Trinajstić information content (AvgIpc) is 3.27. The number of anilines is 1. The summed E-state index contributed by atoms with van der Waals surface area (Å²) in [7, 11) is 0. The smallest absolute Gasteiger partial charge is 0.251 e. The minimum absolute atomic E-state index is 0.00824. The standard InChI is InChI=1S/C26H24FN5O2S/c1-17-12-13-19(14-18(17)2)25(34)28-15-23-30-31-26(32(23)20-8-4-3-5-9-20)35-16-24(33)29-22-11-7-6-10-21(22)27/h3-14H,15-16H2,1-2H3,(H,28,34)(H,29,33). The van der Waals surface area contributed by atoms with Crippen LogP contribution in [0.25, 0.3) is 5.69 Å². The number of rotatable bonds is 8. The van der Waals surface area contributed by atoms with E-state index < -0.39 is 5.82 Å². The SMILES string of the molecule is Cc1ccc(C(=O)NCc2nnc(SCC(=O)Nc3ccccc3F)n2-c2ccccc2)cc1C. The lowest BCUT2D eigenvalue weighted by molar-refractivity contribution is -0.113. The Morgan fingerprint density at radius 3 is 2.43 bits per heavy atom. The van der Waals surface area contributed by atoms with Gasteiger partial charge in [0.25, 0.3) is 5.91 Å². The molecule has 0 saturated carbocycles. The summed E-state index contributed by atoms with van der Waals surface area (Å²) in [5.74, 6) is -0.555. The summed E-state index contributed by atoms with van der Waals surface area (Å²) >= 11 is 1.17. The van der Waals surface area contributed by atoms with Crippen molar-refractivity contribution in [1.82, 2.24) is 20.1 Å². The zero-order valence-electron chi connectivity index (χ0n) is 19.3. The fraction of sp³-hybridized carbons (Fsp3) is 0.154. The van der Waals surface area contributed by atoms with E-state index in [1.807, 2.05) is 56.3 Å². The van der Waals surface area contributed by atoms with E-state index in [0.29, 0.717) is 16.5 Å². The molecule has 1 aromatic heterocycles. The minimum Gasteiger partial charge on any atom is -0.345 e. The third-order valence-corrected chi connectivity index (χ3v) is 6.30. The van der Waals surface area contributed by atoms with Gasteiger partial charge >= 0.3 is 0 Å². The molecule has 0 radical (unpaired) electrons. The van der Waals surface area contributed by atoms with E-state index in [0.717, 1.165) is 16.8 Å². The molecule has 1 heterocycles. The fourth-order valence-electron chi connectivity index (χ4n) is 3.37. The molecular weight excluding hydrogens is 465 g/mol. The van der Waals surface area contributed by atoms with Gasteiger partial charge in [0.2, 0.25) is 5.91 Å². The number of aryl methyl sites for hydroxylation is 2. The molecule has 0 saturated heterocycles. The van der Waals surface area contributed by atoms with Gasteiger partial charge in [0.1, 0.15) is 5.82 Å². The van der Waals surface area contributed by atoms with E-state index in [2.05, 4.69) is 20.8 Å². The first kappa shape index (κ1) is 24.2. The number of nitrogens with zero attached hydrogens (tertiary/aromatic N) is 3. The summed E-state index contributed by atoms with van der Waals surface area (Å²) in [6, 6.07) is 21.0. The Bertz CT molecular complexity index is 1360. The van der Waals surface area contributed by atoms with Crippen molar-refractivity contribution in [3.8, 4) is 5.69 Å². The lowest BCUT2D eigenvalue weighted by atomic mass is 10.1. The Labute approximate surface area is 206 Å². The van der Waals surface area contributed by atoms with Crippen molar-refractivity contribution in [2.24, 2.45) is 0 Å². The van der Waals surface area contributed by atoms with E-state index >= 15 is 0 Å². The first-order chi connectivity index (χ1) is 16.9. The Kier molecular flexibility index (Phi) is 7.57. The van der Waals surface area contributed by atoms with Crippen LogP contribution in [0.3, 0.4) is 0 Å². The molecule has 0 fully saturated rings. The highest BCUT2D eigenvalue weighted by atomic mass is 32.2. The molecule has 0 spiro atoms. The van der Waals surface area contributed by atoms with Crippen molar-refractivity contribution in [3.05, 3.63) is 101 Å². The lowest BCUT2D eigenvalue weighted by Crippen LogP contribution is -2.24. The highest BCUT2D eigenvalue weighted by molar-refractivity contribution is 7.99. The van der Waals surface area contributed by atoms with Gasteiger partial charge in [-0.15, -0.1) is 10.2 Å². The third kappa shape index (κ3) is 5.93. The van der Waals surface area contributed by atoms with Crippen LogP contribution >= 0.6 is 11.8 Å². The third-order valence-electron chi connectivity index (χ3n) is 5.37. The van der Waals surface area contributed by atoms with Gasteiger partial charge in [0, 0.05) is 11.3 Å². The predicted molar refractivity (Wildman–Crippen MR) is 134 cm³/mol. The number of aromatic nitrogens is 3. The number of para-hydroxylation sites is 2. The average molecular weight is 490 g/mol. The number of carbonyl (C=O) groups excluding carboxylic acids is 2. The summed E-state index contributed by atoms with van der Waals surface area (Å²) in [4.78, 5) is 25.1.